The highest BCUT2D eigenvalue weighted by Crippen LogP contribution is 2.30. The van der Waals surface area contributed by atoms with E-state index in [4.69, 9.17) is 11.6 Å². The Morgan fingerprint density at radius 1 is 0.500 bits per heavy atom. The predicted molar refractivity (Wildman–Crippen MR) is 152 cm³/mol. The zero-order valence-electron chi connectivity index (χ0n) is 23.6. The Balaban J connectivity index is 0.000000527. The Hall–Kier alpha value is -2.40. The molecule has 0 N–H and O–H groups in total. The summed E-state index contributed by atoms with van der Waals surface area (Å²) in [7, 11) is 0. The van der Waals surface area contributed by atoms with Crippen molar-refractivity contribution < 1.29 is 22.0 Å². The van der Waals surface area contributed by atoms with E-state index < -0.39 is 40.6 Å². The maximum atomic E-state index is 13.1. The van der Waals surface area contributed by atoms with Gasteiger partial charge in [0.2, 0.25) is 5.82 Å². The zero-order valence-corrected chi connectivity index (χ0v) is 24.4. The minimum Gasteiger partial charge on any atom is -0.203 e. The molecule has 0 radical (unpaired) electrons. The van der Waals surface area contributed by atoms with Crippen LogP contribution in [0.1, 0.15) is 102 Å². The molecular formula is C32H42ClF5. The highest BCUT2D eigenvalue weighted by atomic mass is 35.5. The first-order valence-electron chi connectivity index (χ1n) is 13.2. The molecule has 212 valence electrons. The van der Waals surface area contributed by atoms with Crippen LogP contribution in [0.25, 0.3) is 0 Å². The number of rotatable bonds is 6. The normalized spacial score (nSPS) is 12.4. The summed E-state index contributed by atoms with van der Waals surface area (Å²) in [6.07, 6.45) is 2.74. The lowest BCUT2D eigenvalue weighted by atomic mass is 9.97. The molecule has 0 fully saturated rings. The molecule has 0 aliphatic carbocycles. The van der Waals surface area contributed by atoms with Crippen molar-refractivity contribution >= 4 is 11.6 Å². The van der Waals surface area contributed by atoms with Gasteiger partial charge < -0.3 is 0 Å². The van der Waals surface area contributed by atoms with Crippen molar-refractivity contribution in [2.45, 2.75) is 85.5 Å². The summed E-state index contributed by atoms with van der Waals surface area (Å²) >= 11 is 5.00. The zero-order chi connectivity index (χ0) is 29.3. The second-order valence-corrected chi connectivity index (χ2v) is 9.53. The van der Waals surface area contributed by atoms with Gasteiger partial charge in [0.1, 0.15) is 0 Å². The summed E-state index contributed by atoms with van der Waals surface area (Å²) in [6.45, 7) is 13.8. The molecule has 3 aromatic rings. The minimum atomic E-state index is -2.11. The van der Waals surface area contributed by atoms with Crippen LogP contribution in [-0.2, 0) is 0 Å². The van der Waals surface area contributed by atoms with E-state index in [1.54, 1.807) is 6.92 Å². The van der Waals surface area contributed by atoms with Crippen LogP contribution in [0.5, 0.6) is 0 Å². The van der Waals surface area contributed by atoms with Gasteiger partial charge in [-0.3, -0.25) is 0 Å². The van der Waals surface area contributed by atoms with Crippen molar-refractivity contribution in [2.75, 3.05) is 5.88 Å². The fraction of sp³-hybridized carbons (Fsp3) is 0.438. The first-order valence-corrected chi connectivity index (χ1v) is 13.7. The maximum Gasteiger partial charge on any atom is 0.200 e. The summed E-state index contributed by atoms with van der Waals surface area (Å²) in [6, 6.07) is 21.3. The Kier molecular flexibility index (Phi) is 18.4. The third-order valence-corrected chi connectivity index (χ3v) is 6.31. The molecule has 0 aliphatic rings. The van der Waals surface area contributed by atoms with E-state index >= 15 is 0 Å². The molecule has 3 aromatic carbocycles. The topological polar surface area (TPSA) is 0 Å². The SMILES string of the molecule is CCC(C)c1c(F)c(F)c(F)c(F)c1F.CCC(C)c1ccccc1.CCC(C)c1ccccc1.CCCl. The van der Waals surface area contributed by atoms with Crippen molar-refractivity contribution in [1.82, 2.24) is 0 Å². The predicted octanol–water partition coefficient (Wildman–Crippen LogP) is 11.5. The number of halogens is 6. The average Bonchev–Trinajstić information content (AvgIpc) is 2.96. The first-order chi connectivity index (χ1) is 18.0. The molecule has 38 heavy (non-hydrogen) atoms. The first kappa shape index (κ1) is 35.6. The molecule has 0 spiro atoms. The van der Waals surface area contributed by atoms with Gasteiger partial charge >= 0.3 is 0 Å². The second-order valence-electron chi connectivity index (χ2n) is 9.00. The Morgan fingerprint density at radius 3 is 1.03 bits per heavy atom. The summed E-state index contributed by atoms with van der Waals surface area (Å²) < 4.78 is 64.4. The summed E-state index contributed by atoms with van der Waals surface area (Å²) in [5, 5.41) is 0. The molecule has 3 atom stereocenters. The molecule has 0 amide bonds. The highest BCUT2D eigenvalue weighted by molar-refractivity contribution is 6.17. The minimum absolute atomic E-state index is 0.290. The third kappa shape index (κ3) is 11.6. The molecule has 6 heteroatoms. The van der Waals surface area contributed by atoms with E-state index in [9.17, 15) is 22.0 Å². The second kappa shape index (κ2) is 19.6. The lowest BCUT2D eigenvalue weighted by Gasteiger charge is -2.12. The molecule has 0 saturated heterocycles. The van der Waals surface area contributed by atoms with Crippen LogP contribution in [0, 0.1) is 29.1 Å². The van der Waals surface area contributed by atoms with Crippen molar-refractivity contribution in [1.29, 1.82) is 0 Å². The van der Waals surface area contributed by atoms with Crippen molar-refractivity contribution in [3.63, 3.8) is 0 Å². The molecule has 0 saturated carbocycles. The van der Waals surface area contributed by atoms with Crippen molar-refractivity contribution in [3.8, 4) is 0 Å². The smallest absolute Gasteiger partial charge is 0.200 e. The van der Waals surface area contributed by atoms with E-state index in [0.29, 0.717) is 18.3 Å². The average molecular weight is 557 g/mol. The van der Waals surface area contributed by atoms with Crippen LogP contribution < -0.4 is 0 Å². The van der Waals surface area contributed by atoms with E-state index in [-0.39, 0.29) is 0 Å². The highest BCUT2D eigenvalue weighted by Gasteiger charge is 2.27. The van der Waals surface area contributed by atoms with Gasteiger partial charge in [-0.25, -0.2) is 22.0 Å². The third-order valence-electron chi connectivity index (χ3n) is 6.31. The van der Waals surface area contributed by atoms with E-state index in [1.165, 1.54) is 30.9 Å². The monoisotopic (exact) mass is 556 g/mol. The Morgan fingerprint density at radius 2 is 0.763 bits per heavy atom. The molecule has 0 aliphatic heterocycles. The van der Waals surface area contributed by atoms with Crippen LogP contribution >= 0.6 is 11.6 Å². The molecular weight excluding hydrogens is 515 g/mol. The summed E-state index contributed by atoms with van der Waals surface area (Å²) in [4.78, 5) is 0. The standard InChI is InChI=1S/C10H9F5.2C10H14.C2H5Cl/c1-3-4(2)5-6(11)8(13)10(15)9(14)7(5)12;2*1-3-9(2)10-7-5-4-6-8-10;1-2-3/h4H,3H2,1-2H3;2*4-9H,3H2,1-2H3;2H2,1H3. The Labute approximate surface area is 231 Å². The molecule has 0 bridgehead atoms. The van der Waals surface area contributed by atoms with Crippen LogP contribution in [0.2, 0.25) is 0 Å². The quantitative estimate of drug-likeness (QED) is 0.122. The van der Waals surface area contributed by atoms with Gasteiger partial charge in [0.15, 0.2) is 23.3 Å². The lowest BCUT2D eigenvalue weighted by Crippen LogP contribution is -2.09. The van der Waals surface area contributed by atoms with Crippen molar-refractivity contribution in [2.24, 2.45) is 0 Å². The van der Waals surface area contributed by atoms with Crippen LogP contribution in [0.3, 0.4) is 0 Å². The van der Waals surface area contributed by atoms with Crippen molar-refractivity contribution in [3.05, 3.63) is 106 Å². The number of alkyl halides is 1. The fourth-order valence-electron chi connectivity index (χ4n) is 3.29. The van der Waals surface area contributed by atoms with Crippen LogP contribution in [0.4, 0.5) is 22.0 Å². The number of hydrogen-bond donors (Lipinski definition) is 0. The number of benzene rings is 3. The maximum absolute atomic E-state index is 13.1. The van der Waals surface area contributed by atoms with E-state index in [1.807, 2.05) is 6.92 Å². The van der Waals surface area contributed by atoms with Gasteiger partial charge in [0.25, 0.3) is 0 Å². The van der Waals surface area contributed by atoms with Crippen LogP contribution in [-0.4, -0.2) is 5.88 Å². The van der Waals surface area contributed by atoms with Gasteiger partial charge in [0.05, 0.1) is 0 Å². The number of hydrogen-bond acceptors (Lipinski definition) is 0. The molecule has 3 unspecified atom stereocenters. The molecule has 0 aromatic heterocycles. The largest absolute Gasteiger partial charge is 0.203 e. The Bertz CT molecular complexity index is 951. The summed E-state index contributed by atoms with van der Waals surface area (Å²) in [5.41, 5.74) is 2.16. The van der Waals surface area contributed by atoms with Gasteiger partial charge in [-0.05, 0) is 48.1 Å². The molecule has 0 nitrogen and oxygen atoms in total. The molecule has 0 heterocycles. The molecule has 3 rings (SSSR count). The van der Waals surface area contributed by atoms with Gasteiger partial charge in [-0.2, -0.15) is 0 Å². The lowest BCUT2D eigenvalue weighted by molar-refractivity contribution is 0.364. The summed E-state index contributed by atoms with van der Waals surface area (Å²) in [5.74, 6) is -7.93. The van der Waals surface area contributed by atoms with Crippen LogP contribution in [0.15, 0.2) is 60.7 Å². The fourth-order valence-corrected chi connectivity index (χ4v) is 3.29. The van der Waals surface area contributed by atoms with Gasteiger partial charge in [-0.1, -0.05) is 109 Å². The van der Waals surface area contributed by atoms with Gasteiger partial charge in [0, 0.05) is 11.4 Å². The van der Waals surface area contributed by atoms with Gasteiger partial charge in [-0.15, -0.1) is 11.6 Å². The van der Waals surface area contributed by atoms with E-state index in [0.717, 1.165) is 5.88 Å². The van der Waals surface area contributed by atoms with E-state index in [2.05, 4.69) is 88.4 Å².